The topological polar surface area (TPSA) is 38.7 Å². The van der Waals surface area contributed by atoms with Crippen molar-refractivity contribution in [1.82, 2.24) is 29.6 Å². The number of pyridine rings is 2. The quantitative estimate of drug-likeness (QED) is 0.502. The molecule has 0 unspecified atom stereocenters. The molecule has 166 valence electrons. The zero-order chi connectivity index (χ0) is 21.9. The third-order valence-corrected chi connectivity index (χ3v) is 5.09. The SMILES string of the molecule is CN(C)CCN(C)Cc1cccc(CCc2cccc(CN(C)CCN(C)C)n2)n1. The molecular weight excluding hydrogens is 372 g/mol. The van der Waals surface area contributed by atoms with Crippen molar-refractivity contribution in [3.63, 3.8) is 0 Å². The first-order valence-electron chi connectivity index (χ1n) is 10.9. The van der Waals surface area contributed by atoms with Crippen LogP contribution < -0.4 is 0 Å². The second kappa shape index (κ2) is 12.7. The zero-order valence-electron chi connectivity index (χ0n) is 19.8. The third kappa shape index (κ3) is 9.76. The fraction of sp³-hybridized carbons (Fsp3) is 0.583. The Morgan fingerprint density at radius 2 is 0.900 bits per heavy atom. The highest BCUT2D eigenvalue weighted by Crippen LogP contribution is 2.08. The molecule has 2 aromatic heterocycles. The lowest BCUT2D eigenvalue weighted by Gasteiger charge is -2.19. The standard InChI is InChI=1S/C24H40N6/c1-27(2)15-17-29(5)19-23-11-7-9-21(25-23)13-14-22-10-8-12-24(26-22)20-30(6)18-16-28(3)4/h7-12H,13-20H2,1-6H3. The van der Waals surface area contributed by atoms with Gasteiger partial charge in [-0.15, -0.1) is 0 Å². The minimum atomic E-state index is 0.884. The molecule has 0 amide bonds. The summed E-state index contributed by atoms with van der Waals surface area (Å²) in [5.74, 6) is 0. The Labute approximate surface area is 183 Å². The number of aryl methyl sites for hydroxylation is 2. The lowest BCUT2D eigenvalue weighted by atomic mass is 10.1. The summed E-state index contributed by atoms with van der Waals surface area (Å²) < 4.78 is 0. The molecule has 0 saturated carbocycles. The number of nitrogens with zero attached hydrogens (tertiary/aromatic N) is 6. The van der Waals surface area contributed by atoms with Crippen LogP contribution in [0.1, 0.15) is 22.8 Å². The van der Waals surface area contributed by atoms with Gasteiger partial charge in [0.15, 0.2) is 0 Å². The van der Waals surface area contributed by atoms with Crippen molar-refractivity contribution in [2.45, 2.75) is 25.9 Å². The minimum Gasteiger partial charge on any atom is -0.308 e. The molecule has 0 fully saturated rings. The summed E-state index contributed by atoms with van der Waals surface area (Å²) >= 11 is 0. The molecule has 30 heavy (non-hydrogen) atoms. The van der Waals surface area contributed by atoms with Crippen molar-refractivity contribution in [2.24, 2.45) is 0 Å². The largest absolute Gasteiger partial charge is 0.308 e. The van der Waals surface area contributed by atoms with Gasteiger partial charge < -0.3 is 9.80 Å². The molecule has 2 aromatic rings. The lowest BCUT2D eigenvalue weighted by Crippen LogP contribution is -2.28. The van der Waals surface area contributed by atoms with E-state index < -0.39 is 0 Å². The first-order chi connectivity index (χ1) is 14.3. The first kappa shape index (κ1) is 24.4. The summed E-state index contributed by atoms with van der Waals surface area (Å²) in [7, 11) is 12.7. The van der Waals surface area contributed by atoms with E-state index >= 15 is 0 Å². The van der Waals surface area contributed by atoms with Crippen LogP contribution in [0.2, 0.25) is 0 Å². The summed E-state index contributed by atoms with van der Waals surface area (Å²) in [6, 6.07) is 12.8. The van der Waals surface area contributed by atoms with E-state index in [2.05, 4.69) is 98.3 Å². The van der Waals surface area contributed by atoms with Gasteiger partial charge in [0.05, 0.1) is 11.4 Å². The van der Waals surface area contributed by atoms with Gasteiger partial charge in [-0.25, -0.2) is 0 Å². The van der Waals surface area contributed by atoms with E-state index in [1.165, 1.54) is 0 Å². The summed E-state index contributed by atoms with van der Waals surface area (Å²) in [5, 5.41) is 0. The van der Waals surface area contributed by atoms with Crippen molar-refractivity contribution in [1.29, 1.82) is 0 Å². The maximum Gasteiger partial charge on any atom is 0.0547 e. The summed E-state index contributed by atoms with van der Waals surface area (Å²) in [4.78, 5) is 18.8. The van der Waals surface area contributed by atoms with Crippen molar-refractivity contribution in [3.8, 4) is 0 Å². The van der Waals surface area contributed by atoms with Gasteiger partial charge in [-0.1, -0.05) is 12.1 Å². The molecule has 0 aromatic carbocycles. The van der Waals surface area contributed by atoms with Gasteiger partial charge in [-0.3, -0.25) is 19.8 Å². The normalized spacial score (nSPS) is 11.9. The van der Waals surface area contributed by atoms with Crippen LogP contribution in [0.5, 0.6) is 0 Å². The molecule has 0 N–H and O–H groups in total. The van der Waals surface area contributed by atoms with Gasteiger partial charge in [0, 0.05) is 50.7 Å². The van der Waals surface area contributed by atoms with E-state index in [-0.39, 0.29) is 0 Å². The van der Waals surface area contributed by atoms with Crippen LogP contribution in [-0.4, -0.2) is 98.0 Å². The maximum absolute atomic E-state index is 4.87. The van der Waals surface area contributed by atoms with E-state index in [1.807, 2.05) is 0 Å². The molecule has 0 saturated heterocycles. The highest BCUT2D eigenvalue weighted by Gasteiger charge is 2.06. The van der Waals surface area contributed by atoms with Gasteiger partial charge in [0.2, 0.25) is 0 Å². The van der Waals surface area contributed by atoms with E-state index in [0.29, 0.717) is 0 Å². The Hall–Kier alpha value is -1.86. The average Bonchev–Trinajstić information content (AvgIpc) is 2.70. The highest BCUT2D eigenvalue weighted by molar-refractivity contribution is 5.15. The first-order valence-corrected chi connectivity index (χ1v) is 10.9. The molecule has 0 aliphatic rings. The third-order valence-electron chi connectivity index (χ3n) is 5.09. The predicted molar refractivity (Wildman–Crippen MR) is 126 cm³/mol. The number of hydrogen-bond acceptors (Lipinski definition) is 6. The number of hydrogen-bond donors (Lipinski definition) is 0. The Balaban J connectivity index is 1.86. The maximum atomic E-state index is 4.87. The molecule has 0 atom stereocenters. The van der Waals surface area contributed by atoms with Gasteiger partial charge >= 0.3 is 0 Å². The van der Waals surface area contributed by atoms with Crippen molar-refractivity contribution >= 4 is 0 Å². The molecule has 6 nitrogen and oxygen atoms in total. The van der Waals surface area contributed by atoms with Crippen molar-refractivity contribution < 1.29 is 0 Å². The van der Waals surface area contributed by atoms with Crippen molar-refractivity contribution in [2.75, 3.05) is 68.5 Å². The number of rotatable bonds is 13. The monoisotopic (exact) mass is 412 g/mol. The molecule has 0 radical (unpaired) electrons. The van der Waals surface area contributed by atoms with Gasteiger partial charge in [0.1, 0.15) is 0 Å². The highest BCUT2D eigenvalue weighted by atomic mass is 15.2. The summed E-state index contributed by atoms with van der Waals surface area (Å²) in [5.41, 5.74) is 4.56. The summed E-state index contributed by atoms with van der Waals surface area (Å²) in [6.07, 6.45) is 1.84. The van der Waals surface area contributed by atoms with Crippen LogP contribution >= 0.6 is 0 Å². The molecule has 0 aliphatic heterocycles. The second-order valence-corrected chi connectivity index (χ2v) is 8.82. The van der Waals surface area contributed by atoms with Gasteiger partial charge in [0.25, 0.3) is 0 Å². The van der Waals surface area contributed by atoms with Gasteiger partial charge in [-0.2, -0.15) is 0 Å². The number of likely N-dealkylation sites (N-methyl/N-ethyl adjacent to an activating group) is 4. The fourth-order valence-corrected chi connectivity index (χ4v) is 3.22. The lowest BCUT2D eigenvalue weighted by molar-refractivity contribution is 0.274. The smallest absolute Gasteiger partial charge is 0.0547 e. The molecule has 6 heteroatoms. The van der Waals surface area contributed by atoms with Crippen LogP contribution in [0.4, 0.5) is 0 Å². The molecule has 0 aliphatic carbocycles. The molecule has 0 bridgehead atoms. The molecule has 0 spiro atoms. The Morgan fingerprint density at radius 3 is 1.27 bits per heavy atom. The van der Waals surface area contributed by atoms with Crippen molar-refractivity contribution in [3.05, 3.63) is 59.2 Å². The Bertz CT molecular complexity index is 682. The van der Waals surface area contributed by atoms with E-state index in [1.54, 1.807) is 0 Å². The van der Waals surface area contributed by atoms with Crippen LogP contribution in [0.3, 0.4) is 0 Å². The molecular formula is C24H40N6. The van der Waals surface area contributed by atoms with E-state index in [0.717, 1.165) is 74.9 Å². The summed E-state index contributed by atoms with van der Waals surface area (Å²) in [6.45, 7) is 5.96. The van der Waals surface area contributed by atoms with Crippen LogP contribution in [0, 0.1) is 0 Å². The van der Waals surface area contributed by atoms with Crippen LogP contribution in [0.25, 0.3) is 0 Å². The predicted octanol–water partition coefficient (Wildman–Crippen LogP) is 2.25. The molecule has 2 rings (SSSR count). The van der Waals surface area contributed by atoms with Crippen LogP contribution in [0.15, 0.2) is 36.4 Å². The van der Waals surface area contributed by atoms with E-state index in [9.17, 15) is 0 Å². The fourth-order valence-electron chi connectivity index (χ4n) is 3.22. The number of aromatic nitrogens is 2. The van der Waals surface area contributed by atoms with E-state index in [4.69, 9.17) is 9.97 Å². The van der Waals surface area contributed by atoms with Crippen LogP contribution in [-0.2, 0) is 25.9 Å². The average molecular weight is 413 g/mol. The molecule has 2 heterocycles. The Kier molecular flexibility index (Phi) is 10.4. The van der Waals surface area contributed by atoms with Gasteiger partial charge in [-0.05, 0) is 79.4 Å². The minimum absolute atomic E-state index is 0.884. The second-order valence-electron chi connectivity index (χ2n) is 8.82. The Morgan fingerprint density at radius 1 is 0.533 bits per heavy atom. The zero-order valence-corrected chi connectivity index (χ0v) is 19.8.